The summed E-state index contributed by atoms with van der Waals surface area (Å²) in [5, 5.41) is 4.38. The summed E-state index contributed by atoms with van der Waals surface area (Å²) in [5.41, 5.74) is 7.41. The molecule has 2 fully saturated rings. The minimum Gasteiger partial charge on any atom is -0.335 e. The van der Waals surface area contributed by atoms with Crippen LogP contribution in [0.2, 0.25) is 0 Å². The van der Waals surface area contributed by atoms with E-state index in [-0.39, 0.29) is 11.9 Å². The highest BCUT2D eigenvalue weighted by Crippen LogP contribution is 2.46. The SMILES string of the molecule is Cn1ncc(C2CC2)c1C(=O)N1CCN(C2c3ccccc3-c3ccccc32)CC1. The fourth-order valence-electron chi connectivity index (χ4n) is 5.26. The first kappa shape index (κ1) is 17.9. The van der Waals surface area contributed by atoms with Crippen molar-refractivity contribution < 1.29 is 4.79 Å². The van der Waals surface area contributed by atoms with Crippen LogP contribution in [0.4, 0.5) is 0 Å². The zero-order valence-corrected chi connectivity index (χ0v) is 17.3. The molecule has 0 atom stereocenters. The second-order valence-electron chi connectivity index (χ2n) is 8.75. The van der Waals surface area contributed by atoms with Crippen molar-refractivity contribution in [3.63, 3.8) is 0 Å². The van der Waals surface area contributed by atoms with Gasteiger partial charge in [-0.25, -0.2) is 0 Å². The van der Waals surface area contributed by atoms with Crippen LogP contribution in [0.3, 0.4) is 0 Å². The standard InChI is InChI=1S/C25H26N4O/c1-27-24(22(16-26-27)17-10-11-17)25(30)29-14-12-28(13-15-29)23-20-8-4-2-6-18(20)19-7-3-5-9-21(19)23/h2-9,16-17,23H,10-15H2,1H3. The molecule has 152 valence electrons. The summed E-state index contributed by atoms with van der Waals surface area (Å²) >= 11 is 0. The second kappa shape index (κ2) is 6.81. The number of hydrogen-bond acceptors (Lipinski definition) is 3. The van der Waals surface area contributed by atoms with Gasteiger partial charge < -0.3 is 4.90 Å². The van der Waals surface area contributed by atoms with Crippen LogP contribution < -0.4 is 0 Å². The summed E-state index contributed by atoms with van der Waals surface area (Å²) in [6.07, 6.45) is 4.26. The van der Waals surface area contributed by atoms with Gasteiger partial charge in [-0.3, -0.25) is 14.4 Å². The molecule has 5 nitrogen and oxygen atoms in total. The molecule has 2 heterocycles. The summed E-state index contributed by atoms with van der Waals surface area (Å²) < 4.78 is 1.77. The van der Waals surface area contributed by atoms with Crippen LogP contribution in [0.25, 0.3) is 11.1 Å². The van der Waals surface area contributed by atoms with E-state index >= 15 is 0 Å². The van der Waals surface area contributed by atoms with E-state index in [9.17, 15) is 4.79 Å². The van der Waals surface area contributed by atoms with Crippen molar-refractivity contribution in [1.82, 2.24) is 19.6 Å². The lowest BCUT2D eigenvalue weighted by molar-refractivity contribution is 0.0588. The third kappa shape index (κ3) is 2.72. The number of nitrogens with zero attached hydrogens (tertiary/aromatic N) is 4. The van der Waals surface area contributed by atoms with Crippen LogP contribution in [-0.4, -0.2) is 51.7 Å². The predicted octanol–water partition coefficient (Wildman–Crippen LogP) is 3.83. The maximum Gasteiger partial charge on any atom is 0.272 e. The van der Waals surface area contributed by atoms with Gasteiger partial charge in [-0.05, 0) is 41.0 Å². The lowest BCUT2D eigenvalue weighted by atomic mass is 10.0. The van der Waals surface area contributed by atoms with Gasteiger partial charge in [-0.15, -0.1) is 0 Å². The largest absolute Gasteiger partial charge is 0.335 e. The highest BCUT2D eigenvalue weighted by molar-refractivity contribution is 5.94. The first-order valence-corrected chi connectivity index (χ1v) is 11.0. The molecule has 0 N–H and O–H groups in total. The Kier molecular flexibility index (Phi) is 4.06. The average molecular weight is 399 g/mol. The zero-order valence-electron chi connectivity index (χ0n) is 17.3. The van der Waals surface area contributed by atoms with Gasteiger partial charge in [0.15, 0.2) is 0 Å². The Morgan fingerprint density at radius 1 is 0.867 bits per heavy atom. The summed E-state index contributed by atoms with van der Waals surface area (Å²) in [4.78, 5) is 17.9. The monoisotopic (exact) mass is 398 g/mol. The predicted molar refractivity (Wildman–Crippen MR) is 116 cm³/mol. The van der Waals surface area contributed by atoms with Crippen LogP contribution in [0.1, 0.15) is 52.0 Å². The highest BCUT2D eigenvalue weighted by atomic mass is 16.2. The molecular weight excluding hydrogens is 372 g/mol. The van der Waals surface area contributed by atoms with Gasteiger partial charge in [0.2, 0.25) is 0 Å². The van der Waals surface area contributed by atoms with Gasteiger partial charge >= 0.3 is 0 Å². The van der Waals surface area contributed by atoms with E-state index in [2.05, 4.69) is 58.5 Å². The van der Waals surface area contributed by atoms with Crippen molar-refractivity contribution in [2.75, 3.05) is 26.2 Å². The van der Waals surface area contributed by atoms with Crippen molar-refractivity contribution in [3.8, 4) is 11.1 Å². The van der Waals surface area contributed by atoms with Crippen molar-refractivity contribution >= 4 is 5.91 Å². The number of amides is 1. The third-order valence-corrected chi connectivity index (χ3v) is 6.95. The van der Waals surface area contributed by atoms with Crippen LogP contribution in [0, 0.1) is 0 Å². The topological polar surface area (TPSA) is 41.4 Å². The van der Waals surface area contributed by atoms with E-state index in [0.717, 1.165) is 37.4 Å². The Labute approximate surface area is 176 Å². The molecule has 0 unspecified atom stereocenters. The first-order valence-electron chi connectivity index (χ1n) is 11.0. The number of fused-ring (bicyclic) bond motifs is 3. The molecule has 1 aromatic heterocycles. The maximum atomic E-state index is 13.3. The minimum absolute atomic E-state index is 0.142. The molecule has 3 aromatic rings. The number of aryl methyl sites for hydroxylation is 1. The van der Waals surface area contributed by atoms with Crippen molar-refractivity contribution in [2.24, 2.45) is 7.05 Å². The maximum absolute atomic E-state index is 13.3. The Hall–Kier alpha value is -2.92. The van der Waals surface area contributed by atoms with Gasteiger partial charge in [0, 0.05) is 38.8 Å². The second-order valence-corrected chi connectivity index (χ2v) is 8.75. The van der Waals surface area contributed by atoms with Gasteiger partial charge in [-0.1, -0.05) is 48.5 Å². The fraction of sp³-hybridized carbons (Fsp3) is 0.360. The van der Waals surface area contributed by atoms with Crippen molar-refractivity contribution in [1.29, 1.82) is 0 Å². The van der Waals surface area contributed by atoms with Gasteiger partial charge in [-0.2, -0.15) is 5.10 Å². The highest BCUT2D eigenvalue weighted by Gasteiger charge is 2.37. The molecule has 30 heavy (non-hydrogen) atoms. The van der Waals surface area contributed by atoms with E-state index in [1.54, 1.807) is 4.68 Å². The molecule has 0 spiro atoms. The Bertz CT molecular complexity index is 1080. The normalized spacial score (nSPS) is 19.0. The lowest BCUT2D eigenvalue weighted by Crippen LogP contribution is -2.50. The Morgan fingerprint density at radius 3 is 2.07 bits per heavy atom. The molecule has 0 radical (unpaired) electrons. The van der Waals surface area contributed by atoms with E-state index in [0.29, 0.717) is 5.92 Å². The molecular formula is C25H26N4O. The quantitative estimate of drug-likeness (QED) is 0.673. The third-order valence-electron chi connectivity index (χ3n) is 6.95. The van der Waals surface area contributed by atoms with Crippen LogP contribution in [0.15, 0.2) is 54.7 Å². The molecule has 3 aliphatic rings. The van der Waals surface area contributed by atoms with E-state index in [1.807, 2.05) is 18.1 Å². The van der Waals surface area contributed by atoms with Crippen molar-refractivity contribution in [3.05, 3.63) is 77.1 Å². The number of benzene rings is 2. The fourth-order valence-corrected chi connectivity index (χ4v) is 5.26. The molecule has 1 aliphatic heterocycles. The lowest BCUT2D eigenvalue weighted by Gasteiger charge is -2.38. The van der Waals surface area contributed by atoms with E-state index in [1.165, 1.54) is 35.1 Å². The zero-order chi connectivity index (χ0) is 20.2. The number of carbonyl (C=O) groups is 1. The van der Waals surface area contributed by atoms with Crippen LogP contribution >= 0.6 is 0 Å². The average Bonchev–Trinajstić information content (AvgIpc) is 3.48. The number of piperazine rings is 1. The van der Waals surface area contributed by atoms with E-state index < -0.39 is 0 Å². The number of hydrogen-bond donors (Lipinski definition) is 0. The molecule has 1 saturated heterocycles. The van der Waals surface area contributed by atoms with Crippen LogP contribution in [0.5, 0.6) is 0 Å². The summed E-state index contributed by atoms with van der Waals surface area (Å²) in [6, 6.07) is 17.8. The van der Waals surface area contributed by atoms with Gasteiger partial charge in [0.1, 0.15) is 5.69 Å². The minimum atomic E-state index is 0.142. The Balaban J connectivity index is 1.24. The molecule has 0 bridgehead atoms. The summed E-state index contributed by atoms with van der Waals surface area (Å²) in [7, 11) is 1.89. The molecule has 1 amide bonds. The molecule has 2 aromatic carbocycles. The summed E-state index contributed by atoms with van der Waals surface area (Å²) in [5.74, 6) is 0.675. The number of rotatable bonds is 3. The Morgan fingerprint density at radius 2 is 1.47 bits per heavy atom. The first-order chi connectivity index (χ1) is 14.7. The number of carbonyl (C=O) groups excluding carboxylic acids is 1. The number of aromatic nitrogens is 2. The molecule has 2 aliphatic carbocycles. The molecule has 1 saturated carbocycles. The van der Waals surface area contributed by atoms with Crippen molar-refractivity contribution in [2.45, 2.75) is 24.8 Å². The van der Waals surface area contributed by atoms with Gasteiger partial charge in [0.25, 0.3) is 5.91 Å². The molecule has 6 rings (SSSR count). The van der Waals surface area contributed by atoms with E-state index in [4.69, 9.17) is 0 Å². The van der Waals surface area contributed by atoms with Crippen LogP contribution in [-0.2, 0) is 7.05 Å². The van der Waals surface area contributed by atoms with Gasteiger partial charge in [0.05, 0.1) is 12.2 Å². The smallest absolute Gasteiger partial charge is 0.272 e. The molecule has 5 heteroatoms. The summed E-state index contributed by atoms with van der Waals surface area (Å²) in [6.45, 7) is 3.29.